The Balaban J connectivity index is 1.78. The molecule has 7 nitrogen and oxygen atoms in total. The number of hydrogen-bond donors (Lipinski definition) is 1. The number of aryl methyl sites for hydroxylation is 1. The fourth-order valence-corrected chi connectivity index (χ4v) is 2.92. The first-order valence-corrected chi connectivity index (χ1v) is 9.57. The molecule has 3 rings (SSSR count). The number of nitrogens with zero attached hydrogens (tertiary/aromatic N) is 2. The van der Waals surface area contributed by atoms with Crippen molar-refractivity contribution >= 4 is 16.9 Å². The van der Waals surface area contributed by atoms with Gasteiger partial charge in [0.1, 0.15) is 11.5 Å². The van der Waals surface area contributed by atoms with Crippen LogP contribution < -0.4 is 15.6 Å². The number of fused-ring (bicyclic) bond motifs is 1. The van der Waals surface area contributed by atoms with Gasteiger partial charge in [0.25, 0.3) is 11.5 Å². The fraction of sp³-hybridized carbons (Fsp3) is 0.381. The van der Waals surface area contributed by atoms with E-state index < -0.39 is 0 Å². The van der Waals surface area contributed by atoms with Crippen LogP contribution in [0.2, 0.25) is 0 Å². The SMILES string of the molecule is CCCCn1nc(C(=O)NC(C)c2cc3cccc(OCC)c3o2)ccc1=O. The van der Waals surface area contributed by atoms with E-state index in [2.05, 4.69) is 10.4 Å². The summed E-state index contributed by atoms with van der Waals surface area (Å²) in [6, 6.07) is 10.0. The molecule has 0 fully saturated rings. The monoisotopic (exact) mass is 383 g/mol. The van der Waals surface area contributed by atoms with Crippen LogP contribution in [-0.4, -0.2) is 22.3 Å². The predicted molar refractivity (Wildman–Crippen MR) is 107 cm³/mol. The molecule has 1 atom stereocenters. The summed E-state index contributed by atoms with van der Waals surface area (Å²) in [6.07, 6.45) is 1.77. The van der Waals surface area contributed by atoms with E-state index in [4.69, 9.17) is 9.15 Å². The summed E-state index contributed by atoms with van der Waals surface area (Å²) in [4.78, 5) is 24.5. The maximum atomic E-state index is 12.6. The topological polar surface area (TPSA) is 86.4 Å². The van der Waals surface area contributed by atoms with E-state index in [9.17, 15) is 9.59 Å². The smallest absolute Gasteiger partial charge is 0.272 e. The van der Waals surface area contributed by atoms with Crippen molar-refractivity contribution in [2.24, 2.45) is 0 Å². The molecule has 2 aromatic heterocycles. The number of para-hydroxylation sites is 1. The second-order valence-electron chi connectivity index (χ2n) is 6.58. The molecule has 2 heterocycles. The second kappa shape index (κ2) is 8.73. The maximum Gasteiger partial charge on any atom is 0.272 e. The summed E-state index contributed by atoms with van der Waals surface area (Å²) in [5, 5.41) is 7.97. The number of carbonyl (C=O) groups is 1. The van der Waals surface area contributed by atoms with E-state index in [1.54, 1.807) is 0 Å². The lowest BCUT2D eigenvalue weighted by Gasteiger charge is -2.12. The molecule has 0 saturated carbocycles. The van der Waals surface area contributed by atoms with Crippen molar-refractivity contribution in [3.8, 4) is 5.75 Å². The van der Waals surface area contributed by atoms with Crippen molar-refractivity contribution in [2.75, 3.05) is 6.61 Å². The minimum atomic E-state index is -0.368. The average molecular weight is 383 g/mol. The highest BCUT2D eigenvalue weighted by atomic mass is 16.5. The van der Waals surface area contributed by atoms with Gasteiger partial charge in [0, 0.05) is 18.0 Å². The number of ether oxygens (including phenoxy) is 1. The molecular formula is C21H25N3O4. The van der Waals surface area contributed by atoms with Crippen LogP contribution in [0.3, 0.4) is 0 Å². The van der Waals surface area contributed by atoms with E-state index >= 15 is 0 Å². The Morgan fingerprint density at radius 1 is 1.29 bits per heavy atom. The third-order valence-corrected chi connectivity index (χ3v) is 4.42. The number of benzene rings is 1. The van der Waals surface area contributed by atoms with Gasteiger partial charge in [0.05, 0.1) is 12.6 Å². The van der Waals surface area contributed by atoms with Gasteiger partial charge in [0.15, 0.2) is 11.3 Å². The molecule has 0 spiro atoms. The number of unbranched alkanes of at least 4 members (excludes halogenated alkanes) is 1. The van der Waals surface area contributed by atoms with Gasteiger partial charge in [-0.1, -0.05) is 25.5 Å². The Hall–Kier alpha value is -3.09. The first-order chi connectivity index (χ1) is 13.5. The summed E-state index contributed by atoms with van der Waals surface area (Å²) >= 11 is 0. The van der Waals surface area contributed by atoms with Gasteiger partial charge in [-0.2, -0.15) is 5.10 Å². The summed E-state index contributed by atoms with van der Waals surface area (Å²) < 4.78 is 12.9. The van der Waals surface area contributed by atoms with Crippen LogP contribution in [0.5, 0.6) is 5.75 Å². The van der Waals surface area contributed by atoms with Crippen molar-refractivity contribution in [3.05, 3.63) is 58.2 Å². The normalized spacial score (nSPS) is 12.1. The van der Waals surface area contributed by atoms with Gasteiger partial charge in [-0.25, -0.2) is 4.68 Å². The zero-order valence-electron chi connectivity index (χ0n) is 16.4. The van der Waals surface area contributed by atoms with Crippen LogP contribution in [0.4, 0.5) is 0 Å². The van der Waals surface area contributed by atoms with E-state index in [0.29, 0.717) is 30.2 Å². The van der Waals surface area contributed by atoms with Crippen molar-refractivity contribution in [2.45, 2.75) is 46.2 Å². The largest absolute Gasteiger partial charge is 0.490 e. The summed E-state index contributed by atoms with van der Waals surface area (Å²) in [5.41, 5.74) is 0.652. The second-order valence-corrected chi connectivity index (χ2v) is 6.58. The van der Waals surface area contributed by atoms with Crippen molar-refractivity contribution in [1.29, 1.82) is 0 Å². The first-order valence-electron chi connectivity index (χ1n) is 9.57. The predicted octanol–water partition coefficient (Wildman–Crippen LogP) is 3.68. The van der Waals surface area contributed by atoms with E-state index in [1.807, 2.05) is 45.0 Å². The Morgan fingerprint density at radius 2 is 2.11 bits per heavy atom. The molecule has 0 aliphatic rings. The van der Waals surface area contributed by atoms with Gasteiger partial charge in [0.2, 0.25) is 0 Å². The van der Waals surface area contributed by atoms with Gasteiger partial charge < -0.3 is 14.5 Å². The Morgan fingerprint density at radius 3 is 2.86 bits per heavy atom. The molecule has 0 aliphatic carbocycles. The lowest BCUT2D eigenvalue weighted by atomic mass is 10.2. The minimum Gasteiger partial charge on any atom is -0.490 e. The molecule has 1 aromatic carbocycles. The molecule has 3 aromatic rings. The average Bonchev–Trinajstić information content (AvgIpc) is 3.13. The number of amides is 1. The molecule has 148 valence electrons. The molecule has 1 unspecified atom stereocenters. The van der Waals surface area contributed by atoms with Gasteiger partial charge in [-0.3, -0.25) is 9.59 Å². The highest BCUT2D eigenvalue weighted by molar-refractivity contribution is 5.92. The number of furan rings is 1. The Labute approximate surface area is 163 Å². The standard InChI is InChI=1S/C21H25N3O4/c1-4-6-12-24-19(25)11-10-16(23-24)21(26)22-14(3)18-13-15-8-7-9-17(27-5-2)20(15)28-18/h7-11,13-14H,4-6,12H2,1-3H3,(H,22,26). The van der Waals surface area contributed by atoms with Crippen molar-refractivity contribution in [3.63, 3.8) is 0 Å². The number of aromatic nitrogens is 2. The number of carbonyl (C=O) groups excluding carboxylic acids is 1. The van der Waals surface area contributed by atoms with Crippen molar-refractivity contribution in [1.82, 2.24) is 15.1 Å². The van der Waals surface area contributed by atoms with Gasteiger partial charge >= 0.3 is 0 Å². The molecule has 0 radical (unpaired) electrons. The molecule has 1 amide bonds. The molecule has 0 bridgehead atoms. The zero-order valence-corrected chi connectivity index (χ0v) is 16.4. The molecule has 0 aliphatic heterocycles. The van der Waals surface area contributed by atoms with E-state index in [0.717, 1.165) is 18.2 Å². The molecule has 28 heavy (non-hydrogen) atoms. The Kier molecular flexibility index (Phi) is 6.13. The third kappa shape index (κ3) is 4.24. The minimum absolute atomic E-state index is 0.202. The van der Waals surface area contributed by atoms with Crippen LogP contribution in [0.25, 0.3) is 11.0 Å². The molecular weight excluding hydrogens is 358 g/mol. The molecule has 0 saturated heterocycles. The highest BCUT2D eigenvalue weighted by Crippen LogP contribution is 2.31. The van der Waals surface area contributed by atoms with Gasteiger partial charge in [-0.05, 0) is 38.5 Å². The lowest BCUT2D eigenvalue weighted by Crippen LogP contribution is -2.31. The molecule has 7 heteroatoms. The number of hydrogen-bond acceptors (Lipinski definition) is 5. The molecule has 1 N–H and O–H groups in total. The summed E-state index contributed by atoms with van der Waals surface area (Å²) in [5.74, 6) is 0.937. The van der Waals surface area contributed by atoms with E-state index in [1.165, 1.54) is 16.8 Å². The van der Waals surface area contributed by atoms with Crippen LogP contribution in [0, 0.1) is 0 Å². The van der Waals surface area contributed by atoms with Crippen LogP contribution in [0.1, 0.15) is 55.9 Å². The quantitative estimate of drug-likeness (QED) is 0.641. The van der Waals surface area contributed by atoms with Crippen LogP contribution in [0.15, 0.2) is 45.6 Å². The van der Waals surface area contributed by atoms with Crippen LogP contribution in [-0.2, 0) is 6.54 Å². The van der Waals surface area contributed by atoms with Crippen LogP contribution >= 0.6 is 0 Å². The summed E-state index contributed by atoms with van der Waals surface area (Å²) in [6.45, 7) is 6.83. The summed E-state index contributed by atoms with van der Waals surface area (Å²) in [7, 11) is 0. The lowest BCUT2D eigenvalue weighted by molar-refractivity contribution is 0.0928. The maximum absolute atomic E-state index is 12.6. The number of nitrogens with one attached hydrogen (secondary N) is 1. The number of rotatable bonds is 8. The van der Waals surface area contributed by atoms with Crippen molar-refractivity contribution < 1.29 is 13.9 Å². The van der Waals surface area contributed by atoms with E-state index in [-0.39, 0.29) is 23.2 Å². The fourth-order valence-electron chi connectivity index (χ4n) is 2.92. The first kappa shape index (κ1) is 19.7. The van der Waals surface area contributed by atoms with Gasteiger partial charge in [-0.15, -0.1) is 0 Å². The zero-order chi connectivity index (χ0) is 20.1. The third-order valence-electron chi connectivity index (χ3n) is 4.42. The Bertz CT molecular complexity index is 1020. The highest BCUT2D eigenvalue weighted by Gasteiger charge is 2.18.